The minimum absolute atomic E-state index is 0.369. The molecular weight excluding hydrogens is 484 g/mol. The number of Topliss-reactive ketones (excluding diaryl/α,β-unsaturated/α-hetero) is 2. The van der Waals surface area contributed by atoms with Gasteiger partial charge in [0.2, 0.25) is 11.6 Å². The number of piperidine rings is 1. The van der Waals surface area contributed by atoms with E-state index in [1.807, 2.05) is 37.3 Å². The molecule has 0 spiro atoms. The highest BCUT2D eigenvalue weighted by Gasteiger charge is 2.41. The molecule has 3 rings (SSSR count). The van der Waals surface area contributed by atoms with Crippen LogP contribution >= 0.6 is 0 Å². The molecule has 2 aromatic carbocycles. The van der Waals surface area contributed by atoms with Crippen LogP contribution in [0, 0.1) is 5.41 Å². The van der Waals surface area contributed by atoms with E-state index in [0.29, 0.717) is 49.4 Å². The SMILES string of the molecule is CCC(C)(C)C(=O)C(=O)C1CCCCN1C(=O)OC(CCc1ccc(OC)c(OC)c1)c1cccc(N)c1. The van der Waals surface area contributed by atoms with Crippen molar-refractivity contribution in [3.05, 3.63) is 53.6 Å². The van der Waals surface area contributed by atoms with Gasteiger partial charge in [-0.15, -0.1) is 0 Å². The molecule has 0 bridgehead atoms. The lowest BCUT2D eigenvalue weighted by Gasteiger charge is -2.36. The molecule has 1 fully saturated rings. The van der Waals surface area contributed by atoms with Gasteiger partial charge in [-0.05, 0) is 73.9 Å². The van der Waals surface area contributed by atoms with Gasteiger partial charge in [0.15, 0.2) is 11.5 Å². The Labute approximate surface area is 225 Å². The summed E-state index contributed by atoms with van der Waals surface area (Å²) >= 11 is 0. The van der Waals surface area contributed by atoms with E-state index >= 15 is 0 Å². The van der Waals surface area contributed by atoms with Gasteiger partial charge in [0.1, 0.15) is 12.1 Å². The van der Waals surface area contributed by atoms with E-state index in [1.54, 1.807) is 40.2 Å². The highest BCUT2D eigenvalue weighted by molar-refractivity contribution is 6.41. The van der Waals surface area contributed by atoms with Crippen LogP contribution in [0.4, 0.5) is 10.5 Å². The first kappa shape index (κ1) is 29.0. The Morgan fingerprint density at radius 1 is 1.05 bits per heavy atom. The van der Waals surface area contributed by atoms with Crippen LogP contribution in [-0.2, 0) is 20.7 Å². The number of benzene rings is 2. The fourth-order valence-electron chi connectivity index (χ4n) is 4.64. The number of ketones is 2. The lowest BCUT2D eigenvalue weighted by Crippen LogP contribution is -2.52. The maximum Gasteiger partial charge on any atom is 0.411 e. The van der Waals surface area contributed by atoms with Crippen LogP contribution in [0.15, 0.2) is 42.5 Å². The van der Waals surface area contributed by atoms with E-state index in [4.69, 9.17) is 19.9 Å². The predicted molar refractivity (Wildman–Crippen MR) is 146 cm³/mol. The number of nitrogen functional groups attached to an aromatic ring is 1. The maximum absolute atomic E-state index is 13.5. The fourth-order valence-corrected chi connectivity index (χ4v) is 4.64. The van der Waals surface area contributed by atoms with Crippen LogP contribution in [0.5, 0.6) is 11.5 Å². The van der Waals surface area contributed by atoms with Gasteiger partial charge in [0.05, 0.1) is 14.2 Å². The Morgan fingerprint density at radius 2 is 1.79 bits per heavy atom. The molecule has 0 aromatic heterocycles. The Morgan fingerprint density at radius 3 is 2.45 bits per heavy atom. The van der Waals surface area contributed by atoms with Crippen molar-refractivity contribution in [2.45, 2.75) is 71.4 Å². The summed E-state index contributed by atoms with van der Waals surface area (Å²) < 4.78 is 16.8. The average molecular weight is 525 g/mol. The second-order valence-electron chi connectivity index (χ2n) is 10.4. The second-order valence-corrected chi connectivity index (χ2v) is 10.4. The fraction of sp³-hybridized carbons (Fsp3) is 0.500. The number of rotatable bonds is 11. The standard InChI is InChI=1S/C30H40N2O6/c1-6-30(2,3)28(34)27(33)23-12-7-8-17-32(23)29(35)38-24(21-10-9-11-22(31)19-21)15-13-20-14-16-25(36-4)26(18-20)37-5/h9-11,14,16,18-19,23-24H,6-8,12-13,15,17,31H2,1-5H3. The normalized spacial score (nSPS) is 16.4. The quantitative estimate of drug-likeness (QED) is 0.304. The van der Waals surface area contributed by atoms with Crippen LogP contribution in [0.1, 0.15) is 70.1 Å². The van der Waals surface area contributed by atoms with Gasteiger partial charge < -0.3 is 19.9 Å². The molecular formula is C30H40N2O6. The van der Waals surface area contributed by atoms with Crippen molar-refractivity contribution in [1.29, 1.82) is 0 Å². The number of amides is 1. The van der Waals surface area contributed by atoms with Crippen molar-refractivity contribution < 1.29 is 28.6 Å². The largest absolute Gasteiger partial charge is 0.493 e. The third-order valence-corrected chi connectivity index (χ3v) is 7.43. The molecule has 8 nitrogen and oxygen atoms in total. The number of carbonyl (C=O) groups excluding carboxylic acids is 3. The van der Waals surface area contributed by atoms with Crippen molar-refractivity contribution >= 4 is 23.3 Å². The Bertz CT molecular complexity index is 1150. The summed E-state index contributed by atoms with van der Waals surface area (Å²) in [7, 11) is 3.17. The summed E-state index contributed by atoms with van der Waals surface area (Å²) in [5.41, 5.74) is 7.58. The summed E-state index contributed by atoms with van der Waals surface area (Å²) in [6, 6.07) is 12.1. The second kappa shape index (κ2) is 12.8. The number of aryl methyl sites for hydroxylation is 1. The van der Waals surface area contributed by atoms with Crippen molar-refractivity contribution in [3.8, 4) is 11.5 Å². The molecule has 0 radical (unpaired) electrons. The molecule has 2 aromatic rings. The summed E-state index contributed by atoms with van der Waals surface area (Å²) in [5.74, 6) is 0.304. The molecule has 0 aliphatic carbocycles. The zero-order valence-corrected chi connectivity index (χ0v) is 23.1. The van der Waals surface area contributed by atoms with Gasteiger partial charge in [-0.3, -0.25) is 14.5 Å². The van der Waals surface area contributed by atoms with Crippen LogP contribution in [0.25, 0.3) is 0 Å². The van der Waals surface area contributed by atoms with E-state index in [1.165, 1.54) is 4.90 Å². The number of ether oxygens (including phenoxy) is 3. The molecule has 1 aliphatic rings. The van der Waals surface area contributed by atoms with E-state index in [-0.39, 0.29) is 0 Å². The molecule has 1 saturated heterocycles. The molecule has 1 amide bonds. The zero-order valence-electron chi connectivity index (χ0n) is 23.1. The molecule has 206 valence electrons. The predicted octanol–water partition coefficient (Wildman–Crippen LogP) is 5.53. The number of hydrogen-bond acceptors (Lipinski definition) is 7. The highest BCUT2D eigenvalue weighted by atomic mass is 16.6. The van der Waals surface area contributed by atoms with Gasteiger partial charge in [0.25, 0.3) is 0 Å². The smallest absolute Gasteiger partial charge is 0.411 e. The number of nitrogens with two attached hydrogens (primary N) is 1. The monoisotopic (exact) mass is 524 g/mol. The summed E-state index contributed by atoms with van der Waals surface area (Å²) in [4.78, 5) is 41.1. The van der Waals surface area contributed by atoms with Crippen LogP contribution < -0.4 is 15.2 Å². The van der Waals surface area contributed by atoms with Crippen LogP contribution in [-0.4, -0.2) is 49.4 Å². The van der Waals surface area contributed by atoms with Crippen molar-refractivity contribution in [2.75, 3.05) is 26.5 Å². The van der Waals surface area contributed by atoms with Gasteiger partial charge in [-0.25, -0.2) is 4.79 Å². The molecule has 1 aliphatic heterocycles. The van der Waals surface area contributed by atoms with Crippen LogP contribution in [0.2, 0.25) is 0 Å². The molecule has 0 saturated carbocycles. The van der Waals surface area contributed by atoms with Gasteiger partial charge in [-0.1, -0.05) is 39.0 Å². The molecule has 2 N–H and O–H groups in total. The number of likely N-dealkylation sites (tertiary alicyclic amines) is 1. The van der Waals surface area contributed by atoms with Gasteiger partial charge in [0, 0.05) is 17.6 Å². The van der Waals surface area contributed by atoms with E-state index in [9.17, 15) is 14.4 Å². The zero-order chi connectivity index (χ0) is 27.9. The Balaban J connectivity index is 1.81. The van der Waals surface area contributed by atoms with Crippen molar-refractivity contribution in [2.24, 2.45) is 5.41 Å². The number of hydrogen-bond donors (Lipinski definition) is 1. The highest BCUT2D eigenvalue weighted by Crippen LogP contribution is 2.32. The third-order valence-electron chi connectivity index (χ3n) is 7.43. The Hall–Kier alpha value is -3.55. The molecule has 2 atom stereocenters. The molecule has 8 heteroatoms. The molecule has 1 heterocycles. The minimum Gasteiger partial charge on any atom is -0.493 e. The topological polar surface area (TPSA) is 108 Å². The summed E-state index contributed by atoms with van der Waals surface area (Å²) in [6.07, 6.45) is 2.41. The number of nitrogens with zero attached hydrogens (tertiary/aromatic N) is 1. The Kier molecular flexibility index (Phi) is 9.78. The van der Waals surface area contributed by atoms with Crippen molar-refractivity contribution in [1.82, 2.24) is 4.90 Å². The molecule has 38 heavy (non-hydrogen) atoms. The number of carbonyl (C=O) groups is 3. The summed E-state index contributed by atoms with van der Waals surface area (Å²) in [5, 5.41) is 0. The van der Waals surface area contributed by atoms with Gasteiger partial charge >= 0.3 is 6.09 Å². The van der Waals surface area contributed by atoms with Crippen molar-refractivity contribution in [3.63, 3.8) is 0 Å². The summed E-state index contributed by atoms with van der Waals surface area (Å²) in [6.45, 7) is 5.78. The van der Waals surface area contributed by atoms with Crippen LogP contribution in [0.3, 0.4) is 0 Å². The maximum atomic E-state index is 13.5. The first-order valence-corrected chi connectivity index (χ1v) is 13.2. The first-order chi connectivity index (χ1) is 18.1. The third kappa shape index (κ3) is 6.85. The average Bonchev–Trinajstić information content (AvgIpc) is 2.93. The minimum atomic E-state index is -0.804. The number of methoxy groups -OCH3 is 2. The van der Waals surface area contributed by atoms with E-state index in [2.05, 4.69) is 0 Å². The van der Waals surface area contributed by atoms with E-state index < -0.39 is 35.2 Å². The molecule has 2 unspecified atom stereocenters. The number of anilines is 1. The van der Waals surface area contributed by atoms with Gasteiger partial charge in [-0.2, -0.15) is 0 Å². The van der Waals surface area contributed by atoms with E-state index in [0.717, 1.165) is 24.0 Å². The first-order valence-electron chi connectivity index (χ1n) is 13.2. The lowest BCUT2D eigenvalue weighted by atomic mass is 9.80. The lowest BCUT2D eigenvalue weighted by molar-refractivity contribution is -0.145.